The Morgan fingerprint density at radius 3 is 1.94 bits per heavy atom. The molecular weight excluding hydrogens is 223 g/mol. The van der Waals surface area contributed by atoms with E-state index in [1.165, 1.54) is 5.56 Å². The summed E-state index contributed by atoms with van der Waals surface area (Å²) in [4.78, 5) is 0. The molecule has 1 atom stereocenters. The van der Waals surface area contributed by atoms with E-state index in [1.807, 2.05) is 48.5 Å². The number of halogens is 1. The third-order valence-corrected chi connectivity index (χ3v) is 3.13. The molecule has 0 aliphatic rings. The summed E-state index contributed by atoms with van der Waals surface area (Å²) in [6, 6.07) is 20.2. The monoisotopic (exact) mass is 242 g/mol. The minimum atomic E-state index is -0.726. The van der Waals surface area contributed by atoms with Crippen LogP contribution in [-0.2, 0) is 12.8 Å². The molecule has 0 heterocycles. The Balaban J connectivity index is 1.71. The molecule has 2 rings (SSSR count). The van der Waals surface area contributed by atoms with Gasteiger partial charge in [-0.3, -0.25) is 0 Å². The summed E-state index contributed by atoms with van der Waals surface area (Å²) < 4.78 is 13.8. The fourth-order valence-corrected chi connectivity index (χ4v) is 2.14. The second-order valence-corrected chi connectivity index (χ2v) is 4.66. The molecular formula is C17H19F. The summed E-state index contributed by atoms with van der Waals surface area (Å²) in [5.74, 6) is 0. The smallest absolute Gasteiger partial charge is 0.104 e. The zero-order valence-electron chi connectivity index (χ0n) is 10.6. The number of hydrogen-bond donors (Lipinski definition) is 0. The third-order valence-electron chi connectivity index (χ3n) is 3.13. The lowest BCUT2D eigenvalue weighted by Gasteiger charge is -2.08. The van der Waals surface area contributed by atoms with E-state index in [9.17, 15) is 4.39 Å². The minimum Gasteiger partial charge on any atom is -0.247 e. The number of benzene rings is 2. The van der Waals surface area contributed by atoms with Crippen LogP contribution in [0.5, 0.6) is 0 Å². The molecule has 18 heavy (non-hydrogen) atoms. The lowest BCUT2D eigenvalue weighted by molar-refractivity contribution is 0.306. The fourth-order valence-electron chi connectivity index (χ4n) is 2.14. The van der Waals surface area contributed by atoms with Gasteiger partial charge in [-0.15, -0.1) is 0 Å². The van der Waals surface area contributed by atoms with Crippen LogP contribution >= 0.6 is 0 Å². The van der Waals surface area contributed by atoms with E-state index in [2.05, 4.69) is 12.1 Å². The molecule has 0 saturated heterocycles. The maximum absolute atomic E-state index is 13.8. The number of rotatable bonds is 6. The molecule has 0 N–H and O–H groups in total. The Morgan fingerprint density at radius 2 is 1.33 bits per heavy atom. The van der Waals surface area contributed by atoms with Crippen molar-refractivity contribution in [1.29, 1.82) is 0 Å². The molecule has 1 heteroatoms. The first-order chi connectivity index (χ1) is 8.84. The van der Waals surface area contributed by atoms with E-state index in [0.29, 0.717) is 12.8 Å². The Kier molecular flexibility index (Phi) is 4.95. The molecule has 0 fully saturated rings. The molecule has 0 amide bonds. The van der Waals surface area contributed by atoms with Gasteiger partial charge in [0.1, 0.15) is 6.17 Å². The van der Waals surface area contributed by atoms with Gasteiger partial charge in [-0.2, -0.15) is 0 Å². The summed E-state index contributed by atoms with van der Waals surface area (Å²) >= 11 is 0. The van der Waals surface area contributed by atoms with Crippen LogP contribution in [0.2, 0.25) is 0 Å². The molecule has 0 spiro atoms. The second kappa shape index (κ2) is 6.95. The Hall–Kier alpha value is -1.63. The quantitative estimate of drug-likeness (QED) is 0.695. The van der Waals surface area contributed by atoms with Crippen molar-refractivity contribution in [3.8, 4) is 0 Å². The van der Waals surface area contributed by atoms with E-state index in [4.69, 9.17) is 0 Å². The van der Waals surface area contributed by atoms with Crippen molar-refractivity contribution in [3.63, 3.8) is 0 Å². The van der Waals surface area contributed by atoms with Crippen molar-refractivity contribution in [2.24, 2.45) is 0 Å². The largest absolute Gasteiger partial charge is 0.247 e. The van der Waals surface area contributed by atoms with Crippen LogP contribution in [0.4, 0.5) is 4.39 Å². The molecule has 0 aromatic heterocycles. The predicted molar refractivity (Wildman–Crippen MR) is 74.4 cm³/mol. The Labute approximate surface area is 108 Å². The van der Waals surface area contributed by atoms with Crippen LogP contribution in [-0.4, -0.2) is 6.17 Å². The van der Waals surface area contributed by atoms with Crippen LogP contribution in [0.3, 0.4) is 0 Å². The molecule has 0 aliphatic carbocycles. The Bertz CT molecular complexity index is 436. The maximum atomic E-state index is 13.8. The highest BCUT2D eigenvalue weighted by atomic mass is 19.1. The van der Waals surface area contributed by atoms with Crippen molar-refractivity contribution in [2.75, 3.05) is 0 Å². The molecule has 1 unspecified atom stereocenters. The highest BCUT2D eigenvalue weighted by Gasteiger charge is 2.07. The normalized spacial score (nSPS) is 12.3. The van der Waals surface area contributed by atoms with Gasteiger partial charge in [0.05, 0.1) is 0 Å². The summed E-state index contributed by atoms with van der Waals surface area (Å²) in [5, 5.41) is 0. The topological polar surface area (TPSA) is 0 Å². The van der Waals surface area contributed by atoms with Crippen molar-refractivity contribution in [1.82, 2.24) is 0 Å². The maximum Gasteiger partial charge on any atom is 0.104 e. The third kappa shape index (κ3) is 4.33. The average Bonchev–Trinajstić information content (AvgIpc) is 2.41. The lowest BCUT2D eigenvalue weighted by Crippen LogP contribution is -2.05. The van der Waals surface area contributed by atoms with Crippen molar-refractivity contribution in [3.05, 3.63) is 71.8 Å². The van der Waals surface area contributed by atoms with Gasteiger partial charge < -0.3 is 0 Å². The average molecular weight is 242 g/mol. The molecule has 0 nitrogen and oxygen atoms in total. The SMILES string of the molecule is FC(CCCc1ccccc1)Cc1ccccc1. The molecule has 2 aromatic carbocycles. The highest BCUT2D eigenvalue weighted by Crippen LogP contribution is 2.13. The van der Waals surface area contributed by atoms with Gasteiger partial charge in [0, 0.05) is 6.42 Å². The van der Waals surface area contributed by atoms with Crippen LogP contribution in [0.15, 0.2) is 60.7 Å². The van der Waals surface area contributed by atoms with Gasteiger partial charge in [0.15, 0.2) is 0 Å². The second-order valence-electron chi connectivity index (χ2n) is 4.66. The first-order valence-corrected chi connectivity index (χ1v) is 6.56. The minimum absolute atomic E-state index is 0.537. The van der Waals surface area contributed by atoms with Gasteiger partial charge in [-0.25, -0.2) is 4.39 Å². The number of aryl methyl sites for hydroxylation is 1. The molecule has 2 aromatic rings. The van der Waals surface area contributed by atoms with Crippen molar-refractivity contribution >= 4 is 0 Å². The van der Waals surface area contributed by atoms with Crippen LogP contribution < -0.4 is 0 Å². The standard InChI is InChI=1S/C17H19F/c18-17(14-16-10-5-2-6-11-16)13-7-12-15-8-3-1-4-9-15/h1-6,8-11,17H,7,12-14H2. The lowest BCUT2D eigenvalue weighted by atomic mass is 10.0. The zero-order chi connectivity index (χ0) is 12.6. The molecule has 94 valence electrons. The van der Waals surface area contributed by atoms with Gasteiger partial charge in [0.2, 0.25) is 0 Å². The first kappa shape index (κ1) is 12.8. The molecule has 0 aliphatic heterocycles. The van der Waals surface area contributed by atoms with Gasteiger partial charge >= 0.3 is 0 Å². The van der Waals surface area contributed by atoms with Crippen LogP contribution in [0, 0.1) is 0 Å². The predicted octanol–water partition coefficient (Wildman–Crippen LogP) is 4.59. The Morgan fingerprint density at radius 1 is 0.778 bits per heavy atom. The highest BCUT2D eigenvalue weighted by molar-refractivity contribution is 5.16. The van der Waals surface area contributed by atoms with Crippen LogP contribution in [0.1, 0.15) is 24.0 Å². The fraction of sp³-hybridized carbons (Fsp3) is 0.294. The van der Waals surface area contributed by atoms with Crippen molar-refractivity contribution < 1.29 is 4.39 Å². The van der Waals surface area contributed by atoms with E-state index in [-0.39, 0.29) is 0 Å². The van der Waals surface area contributed by atoms with Gasteiger partial charge in [-0.1, -0.05) is 60.7 Å². The number of hydrogen-bond acceptors (Lipinski definition) is 0. The molecule has 0 radical (unpaired) electrons. The number of alkyl halides is 1. The summed E-state index contributed by atoms with van der Waals surface area (Å²) in [5.41, 5.74) is 2.38. The molecule has 0 bridgehead atoms. The van der Waals surface area contributed by atoms with E-state index < -0.39 is 6.17 Å². The van der Waals surface area contributed by atoms with E-state index in [0.717, 1.165) is 18.4 Å². The first-order valence-electron chi connectivity index (χ1n) is 6.56. The van der Waals surface area contributed by atoms with Gasteiger partial charge in [-0.05, 0) is 30.4 Å². The summed E-state index contributed by atoms with van der Waals surface area (Å²) in [6.45, 7) is 0. The summed E-state index contributed by atoms with van der Waals surface area (Å²) in [7, 11) is 0. The van der Waals surface area contributed by atoms with E-state index in [1.54, 1.807) is 0 Å². The van der Waals surface area contributed by atoms with Crippen LogP contribution in [0.25, 0.3) is 0 Å². The van der Waals surface area contributed by atoms with Gasteiger partial charge in [0.25, 0.3) is 0 Å². The van der Waals surface area contributed by atoms with E-state index >= 15 is 0 Å². The van der Waals surface area contributed by atoms with Crippen molar-refractivity contribution in [2.45, 2.75) is 31.9 Å². The summed E-state index contributed by atoms with van der Waals surface area (Å²) in [6.07, 6.45) is 2.34. The molecule has 0 saturated carbocycles. The zero-order valence-corrected chi connectivity index (χ0v) is 10.6.